The van der Waals surface area contributed by atoms with E-state index in [-0.39, 0.29) is 80.6 Å². The lowest BCUT2D eigenvalue weighted by Crippen LogP contribution is -2.23. The Labute approximate surface area is 898 Å². The fraction of sp³-hybridized carbons (Fsp3) is 0.113. The van der Waals surface area contributed by atoms with E-state index in [2.05, 4.69) is 56.5 Å². The molecule has 0 radical (unpaired) electrons. The number of nitrogens with zero attached hydrogens (tertiary/aromatic N) is 7. The van der Waals surface area contributed by atoms with Crippen molar-refractivity contribution in [2.24, 2.45) is 5.73 Å². The Morgan fingerprint density at radius 1 is 0.327 bits per heavy atom. The van der Waals surface area contributed by atoms with Gasteiger partial charge in [-0.2, -0.15) is 0 Å². The SMILES string of the molecule is CC(O)CS(=O)(=O)c1ccc(C(=O)Nc2ccc(Cl)c(-c3ccccn3)c2)c(Cl)c1.Cc1cc(S(=O)(=O)CC(C)O)ccc1C(=O)Nc1ccc(Cl)c(-c2ccccn2)c1.NC(=O)CS(=O)(=O)c1ccc(C(=O)Nc2ccc(Cl)c(-c3ccccn3)c2)c(Cl)c1.O=C(Nc1ccc(Cl)c(-c2ccccn2)c1)c1ccc(S(=O)(=O)CCO)cc1.O=C(Nc1ccc(Cl)c(-c2ccccn2)c1)c1ccc(S(=O)(=O)CCn2ccnc2)cc1. The summed E-state index contributed by atoms with van der Waals surface area (Å²) in [5.41, 5.74) is 15.9. The first-order chi connectivity index (χ1) is 71.3. The standard InChI is InChI=1S/C23H19ClN4O3S.C22H21ClN2O4S.C21H18Cl2N2O4S.C20H15Cl2N3O4S.C20H17ClN2O4S/c24-21-9-6-18(15-20(21)22-3-1-2-10-26-22)27-23(29)17-4-7-19(8-5-17)32(30,31)14-13-28-12-11-25-16-28;1-14-11-17(30(28,29)13-15(2)26)7-8-18(14)22(27)25-16-6-9-20(23)19(12-16)21-5-3-4-10-24-21;1-13(26)12-30(28,29)15-6-7-16(19(23)11-15)21(27)25-14-5-8-18(22)17(10-14)20-4-2-3-9-24-20;21-16-7-4-12(9-15(16)18-3-1-2-8-24-18)25-20(27)14-6-5-13(10-17(14)22)30(28,29)11-19(23)26;21-18-9-6-15(13-17(18)19-3-1-2-10-22-19)23-20(25)14-4-7-16(8-5-14)28(26,27)12-11-24/h1-12,15-16H,13-14H2,(H,27,29);3-12,15,26H,13H2,1-2H3,(H,25,27);2-11,13,26H,12H2,1H3,(H,25,27);1-10H,11H2,(H2,23,26)(H,25,27);1-10,13,24H,11-12H2,(H,23,25). The van der Waals surface area contributed by atoms with E-state index in [4.69, 9.17) is 92.0 Å². The van der Waals surface area contributed by atoms with Crippen LogP contribution in [-0.4, -0.2) is 175 Å². The van der Waals surface area contributed by atoms with Crippen molar-refractivity contribution >= 4 is 194 Å². The van der Waals surface area contributed by atoms with Crippen LogP contribution >= 0.6 is 81.2 Å². The first-order valence-corrected chi connectivity index (χ1v) is 55.6. The maximum absolute atomic E-state index is 12.8. The van der Waals surface area contributed by atoms with Gasteiger partial charge in [-0.25, -0.2) is 47.1 Å². The van der Waals surface area contributed by atoms with Crippen molar-refractivity contribution in [3.63, 3.8) is 0 Å². The Hall–Kier alpha value is -14.4. The normalized spacial score (nSPS) is 11.7. The van der Waals surface area contributed by atoms with E-state index in [0.29, 0.717) is 139 Å². The minimum Gasteiger partial charge on any atom is -0.395 e. The minimum absolute atomic E-state index is 0.0157. The molecule has 0 spiro atoms. The molecule has 10 N–H and O–H groups in total. The molecule has 0 aliphatic carbocycles. The molecule has 2 atom stereocenters. The molecule has 0 aliphatic heterocycles. The number of imidazole rings is 1. The van der Waals surface area contributed by atoms with Crippen LogP contribution in [-0.2, 0) is 60.5 Å². The molecule has 2 unspecified atom stereocenters. The van der Waals surface area contributed by atoms with Crippen LogP contribution in [0.1, 0.15) is 71.2 Å². The molecule has 0 bridgehead atoms. The van der Waals surface area contributed by atoms with Crippen LogP contribution in [0, 0.1) is 6.92 Å². The number of halogens is 7. The molecule has 6 aromatic heterocycles. The summed E-state index contributed by atoms with van der Waals surface area (Å²) in [5.74, 6) is -5.25. The molecule has 16 rings (SSSR count). The zero-order valence-corrected chi connectivity index (χ0v) is 88.5. The number of aliphatic hydroxyl groups is 3. The van der Waals surface area contributed by atoms with Gasteiger partial charge in [0.05, 0.1) is 147 Å². The highest BCUT2D eigenvalue weighted by atomic mass is 35.5. The van der Waals surface area contributed by atoms with Crippen LogP contribution < -0.4 is 32.3 Å². The maximum atomic E-state index is 12.8. The van der Waals surface area contributed by atoms with E-state index < -0.39 is 97.2 Å². The lowest BCUT2D eigenvalue weighted by atomic mass is 10.1. The van der Waals surface area contributed by atoms with Gasteiger partial charge in [-0.1, -0.05) is 112 Å². The number of carbonyl (C=O) groups excluding carboxylic acids is 6. The summed E-state index contributed by atoms with van der Waals surface area (Å²) >= 11 is 43.6. The van der Waals surface area contributed by atoms with Crippen molar-refractivity contribution in [3.8, 4) is 56.3 Å². The fourth-order valence-electron chi connectivity index (χ4n) is 14.2. The van der Waals surface area contributed by atoms with Crippen LogP contribution in [0.25, 0.3) is 56.3 Å². The number of nitrogens with two attached hydrogens (primary N) is 1. The first kappa shape index (κ1) is 114. The monoisotopic (exact) mass is 2250 g/mol. The van der Waals surface area contributed by atoms with Crippen molar-refractivity contribution in [1.82, 2.24) is 34.5 Å². The summed E-state index contributed by atoms with van der Waals surface area (Å²) in [7, 11) is -18.3. The van der Waals surface area contributed by atoms with Crippen LogP contribution in [0.3, 0.4) is 0 Å². The number of nitrogens with one attached hydrogen (secondary N) is 5. The Balaban J connectivity index is 0.000000166. The number of pyridine rings is 5. The van der Waals surface area contributed by atoms with Crippen molar-refractivity contribution in [2.45, 2.75) is 64.0 Å². The van der Waals surface area contributed by atoms with Crippen molar-refractivity contribution in [3.05, 3.63) is 403 Å². The number of hydrogen-bond acceptors (Lipinski definition) is 25. The van der Waals surface area contributed by atoms with Gasteiger partial charge >= 0.3 is 0 Å². The van der Waals surface area contributed by atoms with Gasteiger partial charge in [0.2, 0.25) is 5.91 Å². The average molecular weight is 2260 g/mol. The summed E-state index contributed by atoms with van der Waals surface area (Å²) in [6.45, 7) is 4.31. The molecule has 0 aliphatic rings. The number of aromatic nitrogens is 7. The third-order valence-corrected chi connectivity index (χ3v) is 32.6. The van der Waals surface area contributed by atoms with E-state index in [0.717, 1.165) is 6.07 Å². The largest absolute Gasteiger partial charge is 0.395 e. The summed E-state index contributed by atoms with van der Waals surface area (Å²) in [6, 6.07) is 75.5. The number of amides is 6. The van der Waals surface area contributed by atoms with Crippen LogP contribution in [0.4, 0.5) is 28.4 Å². The number of benzene rings is 10. The van der Waals surface area contributed by atoms with Gasteiger partial charge in [0.25, 0.3) is 29.5 Å². The molecule has 772 valence electrons. The van der Waals surface area contributed by atoms with E-state index in [1.807, 2.05) is 54.6 Å². The van der Waals surface area contributed by atoms with E-state index in [9.17, 15) is 81.1 Å². The number of primary amides is 1. The lowest BCUT2D eigenvalue weighted by Gasteiger charge is -2.12. The third kappa shape index (κ3) is 31.9. The lowest BCUT2D eigenvalue weighted by molar-refractivity contribution is -0.115. The Morgan fingerprint density at radius 2 is 0.613 bits per heavy atom. The van der Waals surface area contributed by atoms with Crippen LogP contribution in [0.5, 0.6) is 0 Å². The molecule has 6 heterocycles. The second-order valence-electron chi connectivity index (χ2n) is 32.8. The summed E-state index contributed by atoms with van der Waals surface area (Å²) in [4.78, 5) is 99.4. The first-order valence-electron chi connectivity index (χ1n) is 44.7. The van der Waals surface area contributed by atoms with E-state index in [1.165, 1.54) is 111 Å². The average Bonchev–Trinajstić information content (AvgIpc) is 0.872. The van der Waals surface area contributed by atoms with Gasteiger partial charge in [-0.3, -0.25) is 53.7 Å². The molecule has 32 nitrogen and oxygen atoms in total. The zero-order chi connectivity index (χ0) is 108. The summed E-state index contributed by atoms with van der Waals surface area (Å²) in [5, 5.41) is 43.8. The second-order valence-corrected chi connectivity index (χ2v) is 45.9. The molecule has 0 saturated heterocycles. The predicted molar refractivity (Wildman–Crippen MR) is 582 cm³/mol. The number of anilines is 5. The van der Waals surface area contributed by atoms with Crippen molar-refractivity contribution in [1.29, 1.82) is 0 Å². The van der Waals surface area contributed by atoms with Gasteiger partial charge < -0.3 is 52.2 Å². The van der Waals surface area contributed by atoms with Crippen molar-refractivity contribution in [2.75, 3.05) is 62.0 Å². The number of aliphatic hydroxyl groups excluding tert-OH is 3. The highest BCUT2D eigenvalue weighted by Crippen LogP contribution is 2.37. The number of aryl methyl sites for hydroxylation is 2. The topological polar surface area (TPSA) is 502 Å². The number of hydrogen-bond donors (Lipinski definition) is 9. The highest BCUT2D eigenvalue weighted by Gasteiger charge is 2.27. The second kappa shape index (κ2) is 52.2. The molecule has 16 aromatic rings. The summed E-state index contributed by atoms with van der Waals surface area (Å²) < 4.78 is 124. The van der Waals surface area contributed by atoms with Gasteiger partial charge in [0, 0.05) is 123 Å². The molecule has 0 saturated carbocycles. The Bertz CT molecular complexity index is 8040. The molecule has 6 amide bonds. The third-order valence-electron chi connectivity index (χ3n) is 21.5. The van der Waals surface area contributed by atoms with Gasteiger partial charge in [-0.05, 0) is 281 Å². The molecule has 44 heteroatoms. The predicted octanol–water partition coefficient (Wildman–Crippen LogP) is 19.9. The number of carbonyl (C=O) groups is 6. The Morgan fingerprint density at radius 3 is 0.887 bits per heavy atom. The van der Waals surface area contributed by atoms with Crippen molar-refractivity contribution < 1.29 is 86.2 Å². The zero-order valence-electron chi connectivity index (χ0n) is 79.1. The quantitative estimate of drug-likeness (QED) is 0.0195. The van der Waals surface area contributed by atoms with E-state index in [1.54, 1.807) is 189 Å². The number of rotatable bonds is 31. The molecule has 0 fully saturated rings. The highest BCUT2D eigenvalue weighted by molar-refractivity contribution is 7.92. The maximum Gasteiger partial charge on any atom is 0.257 e. The van der Waals surface area contributed by atoms with E-state index >= 15 is 0 Å². The van der Waals surface area contributed by atoms with Gasteiger partial charge in [0.1, 0.15) is 5.75 Å². The molecule has 10 aromatic carbocycles. The molecular formula is C106H90Cl7N13O19S5. The van der Waals surface area contributed by atoms with Crippen LogP contribution in [0.15, 0.2) is 359 Å². The Kier molecular flexibility index (Phi) is 39.8. The number of sulfone groups is 5. The van der Waals surface area contributed by atoms with Gasteiger partial charge in [-0.15, -0.1) is 0 Å². The van der Waals surface area contributed by atoms with Crippen LogP contribution in [0.2, 0.25) is 35.2 Å². The smallest absolute Gasteiger partial charge is 0.257 e. The molecular weight excluding hydrogens is 2170 g/mol. The minimum atomic E-state index is -3.94. The van der Waals surface area contributed by atoms with Gasteiger partial charge in [0.15, 0.2) is 49.2 Å². The fourth-order valence-corrected chi connectivity index (χ4v) is 22.1. The molecule has 150 heavy (non-hydrogen) atoms. The summed E-state index contributed by atoms with van der Waals surface area (Å²) in [6.07, 6.45) is 11.1.